The van der Waals surface area contributed by atoms with E-state index in [-0.39, 0.29) is 0 Å². The summed E-state index contributed by atoms with van der Waals surface area (Å²) in [6.07, 6.45) is 13.1. The molecule has 0 atom stereocenters. The molecule has 0 spiro atoms. The lowest BCUT2D eigenvalue weighted by Crippen LogP contribution is -2.10. The van der Waals surface area contributed by atoms with Crippen molar-refractivity contribution in [2.75, 3.05) is 7.11 Å². The number of rotatable bonds is 1. The SMILES string of the molecule is COC1CCCCCCCCC1. The Morgan fingerprint density at radius 2 is 1.17 bits per heavy atom. The third-order valence-electron chi connectivity index (χ3n) is 2.89. The van der Waals surface area contributed by atoms with Gasteiger partial charge in [-0.2, -0.15) is 0 Å². The van der Waals surface area contributed by atoms with Crippen molar-refractivity contribution in [2.24, 2.45) is 0 Å². The van der Waals surface area contributed by atoms with E-state index in [1.165, 1.54) is 57.8 Å². The van der Waals surface area contributed by atoms with E-state index in [0.29, 0.717) is 6.10 Å². The summed E-state index contributed by atoms with van der Waals surface area (Å²) in [4.78, 5) is 0. The molecule has 0 aromatic carbocycles. The van der Waals surface area contributed by atoms with E-state index in [0.717, 1.165) is 0 Å². The minimum absolute atomic E-state index is 0.558. The summed E-state index contributed by atoms with van der Waals surface area (Å²) in [6.45, 7) is 0. The van der Waals surface area contributed by atoms with E-state index in [1.54, 1.807) is 0 Å². The molecule has 0 saturated heterocycles. The van der Waals surface area contributed by atoms with E-state index in [4.69, 9.17) is 4.74 Å². The molecule has 1 heteroatoms. The van der Waals surface area contributed by atoms with Gasteiger partial charge in [-0.1, -0.05) is 44.9 Å². The molecule has 0 aromatic heterocycles. The number of hydrogen-bond acceptors (Lipinski definition) is 1. The van der Waals surface area contributed by atoms with Crippen LogP contribution >= 0.6 is 0 Å². The van der Waals surface area contributed by atoms with Gasteiger partial charge in [0.25, 0.3) is 0 Å². The summed E-state index contributed by atoms with van der Waals surface area (Å²) in [6, 6.07) is 0. The lowest BCUT2D eigenvalue weighted by atomic mass is 9.99. The topological polar surface area (TPSA) is 9.23 Å². The van der Waals surface area contributed by atoms with Crippen molar-refractivity contribution in [2.45, 2.75) is 63.9 Å². The van der Waals surface area contributed by atoms with Crippen LogP contribution in [0.4, 0.5) is 0 Å². The molecule has 1 aliphatic rings. The average Bonchev–Trinajstić information content (AvgIpc) is 2.14. The third-order valence-corrected chi connectivity index (χ3v) is 2.89. The van der Waals surface area contributed by atoms with Crippen LogP contribution in [0, 0.1) is 0 Å². The Kier molecular flexibility index (Phi) is 5.42. The van der Waals surface area contributed by atoms with Gasteiger partial charge in [0.15, 0.2) is 0 Å². The Morgan fingerprint density at radius 1 is 0.750 bits per heavy atom. The predicted octanol–water partition coefficient (Wildman–Crippen LogP) is 3.53. The molecule has 1 aliphatic carbocycles. The number of hydrogen-bond donors (Lipinski definition) is 0. The second-order valence-electron chi connectivity index (χ2n) is 3.91. The first-order valence-electron chi connectivity index (χ1n) is 5.46. The van der Waals surface area contributed by atoms with Crippen LogP contribution in [0.1, 0.15) is 57.8 Å². The molecule has 12 heavy (non-hydrogen) atoms. The van der Waals surface area contributed by atoms with Gasteiger partial charge in [-0.3, -0.25) is 0 Å². The maximum absolute atomic E-state index is 5.42. The van der Waals surface area contributed by atoms with Gasteiger partial charge in [-0.25, -0.2) is 0 Å². The van der Waals surface area contributed by atoms with E-state index in [1.807, 2.05) is 7.11 Å². The lowest BCUT2D eigenvalue weighted by molar-refractivity contribution is 0.0821. The fourth-order valence-corrected chi connectivity index (χ4v) is 2.01. The zero-order valence-corrected chi connectivity index (χ0v) is 8.35. The molecule has 0 N–H and O–H groups in total. The lowest BCUT2D eigenvalue weighted by Gasteiger charge is -2.16. The largest absolute Gasteiger partial charge is 0.381 e. The molecule has 0 aromatic rings. The average molecular weight is 170 g/mol. The van der Waals surface area contributed by atoms with Crippen LogP contribution in [0.25, 0.3) is 0 Å². The standard InChI is InChI=1S/C11H22O/c1-12-11-9-7-5-3-2-4-6-8-10-11/h11H,2-10H2,1H3. The Morgan fingerprint density at radius 3 is 1.58 bits per heavy atom. The van der Waals surface area contributed by atoms with Crippen LogP contribution < -0.4 is 0 Å². The smallest absolute Gasteiger partial charge is 0.0571 e. The molecular weight excluding hydrogens is 148 g/mol. The molecule has 0 heterocycles. The first-order chi connectivity index (χ1) is 5.93. The molecular formula is C11H22O. The molecule has 1 saturated carbocycles. The number of ether oxygens (including phenoxy) is 1. The predicted molar refractivity (Wildman–Crippen MR) is 52.4 cm³/mol. The summed E-state index contributed by atoms with van der Waals surface area (Å²) >= 11 is 0. The molecule has 0 amide bonds. The van der Waals surface area contributed by atoms with Gasteiger partial charge < -0.3 is 4.74 Å². The summed E-state index contributed by atoms with van der Waals surface area (Å²) in [5.74, 6) is 0. The van der Waals surface area contributed by atoms with E-state index in [2.05, 4.69) is 0 Å². The Balaban J connectivity index is 2.17. The van der Waals surface area contributed by atoms with Gasteiger partial charge in [0.05, 0.1) is 6.10 Å². The van der Waals surface area contributed by atoms with E-state index in [9.17, 15) is 0 Å². The Labute approximate surface area is 76.5 Å². The van der Waals surface area contributed by atoms with Crippen LogP contribution in [0.3, 0.4) is 0 Å². The fourth-order valence-electron chi connectivity index (χ4n) is 2.01. The van der Waals surface area contributed by atoms with Crippen LogP contribution in [0.15, 0.2) is 0 Å². The quantitative estimate of drug-likeness (QED) is 0.585. The molecule has 1 fully saturated rings. The zero-order chi connectivity index (χ0) is 8.65. The van der Waals surface area contributed by atoms with Crippen LogP contribution in [0.5, 0.6) is 0 Å². The molecule has 1 nitrogen and oxygen atoms in total. The minimum Gasteiger partial charge on any atom is -0.381 e. The molecule has 1 rings (SSSR count). The van der Waals surface area contributed by atoms with Crippen molar-refractivity contribution in [3.8, 4) is 0 Å². The maximum atomic E-state index is 5.42. The highest BCUT2D eigenvalue weighted by Crippen LogP contribution is 2.18. The van der Waals surface area contributed by atoms with Gasteiger partial charge in [-0.15, -0.1) is 0 Å². The first-order valence-corrected chi connectivity index (χ1v) is 5.46. The Hall–Kier alpha value is -0.0400. The normalized spacial score (nSPS) is 23.8. The van der Waals surface area contributed by atoms with Crippen LogP contribution in [0.2, 0.25) is 0 Å². The van der Waals surface area contributed by atoms with Crippen LogP contribution in [-0.4, -0.2) is 13.2 Å². The second kappa shape index (κ2) is 6.47. The third kappa shape index (κ3) is 4.10. The van der Waals surface area contributed by atoms with Crippen molar-refractivity contribution < 1.29 is 4.74 Å². The van der Waals surface area contributed by atoms with Crippen molar-refractivity contribution in [3.05, 3.63) is 0 Å². The van der Waals surface area contributed by atoms with Gasteiger partial charge in [0.1, 0.15) is 0 Å². The summed E-state index contributed by atoms with van der Waals surface area (Å²) in [5, 5.41) is 0. The molecule has 0 aliphatic heterocycles. The second-order valence-corrected chi connectivity index (χ2v) is 3.91. The highest BCUT2D eigenvalue weighted by atomic mass is 16.5. The van der Waals surface area contributed by atoms with E-state index < -0.39 is 0 Å². The first kappa shape index (κ1) is 10.0. The number of methoxy groups -OCH3 is 1. The maximum Gasteiger partial charge on any atom is 0.0571 e. The molecule has 0 bridgehead atoms. The summed E-state index contributed by atoms with van der Waals surface area (Å²) in [7, 11) is 1.86. The van der Waals surface area contributed by atoms with Crippen molar-refractivity contribution in [1.82, 2.24) is 0 Å². The minimum atomic E-state index is 0.558. The highest BCUT2D eigenvalue weighted by molar-refractivity contribution is 4.60. The van der Waals surface area contributed by atoms with Crippen molar-refractivity contribution >= 4 is 0 Å². The van der Waals surface area contributed by atoms with Gasteiger partial charge >= 0.3 is 0 Å². The monoisotopic (exact) mass is 170 g/mol. The van der Waals surface area contributed by atoms with Crippen LogP contribution in [-0.2, 0) is 4.74 Å². The highest BCUT2D eigenvalue weighted by Gasteiger charge is 2.07. The summed E-state index contributed by atoms with van der Waals surface area (Å²) in [5.41, 5.74) is 0. The van der Waals surface area contributed by atoms with Gasteiger partial charge in [0.2, 0.25) is 0 Å². The van der Waals surface area contributed by atoms with Gasteiger partial charge in [0, 0.05) is 7.11 Å². The Bertz CT molecular complexity index is 91.2. The summed E-state index contributed by atoms with van der Waals surface area (Å²) < 4.78 is 5.42. The van der Waals surface area contributed by atoms with E-state index >= 15 is 0 Å². The zero-order valence-electron chi connectivity index (χ0n) is 8.35. The van der Waals surface area contributed by atoms with Gasteiger partial charge in [-0.05, 0) is 12.8 Å². The molecule has 72 valence electrons. The van der Waals surface area contributed by atoms with Crippen molar-refractivity contribution in [1.29, 1.82) is 0 Å². The molecule has 0 radical (unpaired) electrons. The van der Waals surface area contributed by atoms with Crippen molar-refractivity contribution in [3.63, 3.8) is 0 Å². The fraction of sp³-hybridized carbons (Fsp3) is 1.00. The molecule has 0 unspecified atom stereocenters.